The van der Waals surface area contributed by atoms with Crippen LogP contribution in [-0.4, -0.2) is 63.5 Å². The van der Waals surface area contributed by atoms with Crippen LogP contribution < -0.4 is 5.32 Å². The van der Waals surface area contributed by atoms with E-state index in [9.17, 15) is 0 Å². The Bertz CT molecular complexity index is 214. The SMILES string of the molecule is COCCNCCCN1CCOC2CCCC21. The molecule has 1 saturated carbocycles. The molecule has 0 amide bonds. The molecule has 0 radical (unpaired) electrons. The Morgan fingerprint density at radius 1 is 1.35 bits per heavy atom. The quantitative estimate of drug-likeness (QED) is 0.672. The molecule has 0 aromatic carbocycles. The minimum Gasteiger partial charge on any atom is -0.383 e. The van der Waals surface area contributed by atoms with Crippen molar-refractivity contribution in [1.29, 1.82) is 0 Å². The second-order valence-electron chi connectivity index (χ2n) is 5.04. The molecule has 1 heterocycles. The number of ether oxygens (including phenoxy) is 2. The standard InChI is InChI=1S/C13H26N2O2/c1-16-10-7-14-6-3-8-15-9-11-17-13-5-2-4-12(13)15/h12-14H,2-11H2,1H3. The number of fused-ring (bicyclic) bond motifs is 1. The molecule has 2 atom stereocenters. The van der Waals surface area contributed by atoms with Crippen LogP contribution in [0.15, 0.2) is 0 Å². The molecule has 1 saturated heterocycles. The molecule has 2 fully saturated rings. The Kier molecular flexibility index (Phi) is 5.71. The first-order chi connectivity index (χ1) is 8.42. The smallest absolute Gasteiger partial charge is 0.0730 e. The highest BCUT2D eigenvalue weighted by molar-refractivity contribution is 4.89. The van der Waals surface area contributed by atoms with Crippen molar-refractivity contribution in [2.75, 3.05) is 46.5 Å². The Morgan fingerprint density at radius 3 is 3.18 bits per heavy atom. The van der Waals surface area contributed by atoms with Gasteiger partial charge in [-0.25, -0.2) is 0 Å². The number of rotatable bonds is 7. The average Bonchev–Trinajstić information content (AvgIpc) is 2.82. The second kappa shape index (κ2) is 7.31. The molecule has 17 heavy (non-hydrogen) atoms. The van der Waals surface area contributed by atoms with Gasteiger partial charge in [0, 0.05) is 26.2 Å². The summed E-state index contributed by atoms with van der Waals surface area (Å²) in [6, 6.07) is 0.711. The number of hydrogen-bond acceptors (Lipinski definition) is 4. The Hall–Kier alpha value is -0.160. The van der Waals surface area contributed by atoms with E-state index in [1.165, 1.54) is 32.2 Å². The minimum atomic E-state index is 0.533. The third-order valence-corrected chi connectivity index (χ3v) is 3.88. The van der Waals surface area contributed by atoms with Gasteiger partial charge in [0.15, 0.2) is 0 Å². The van der Waals surface area contributed by atoms with Crippen molar-refractivity contribution < 1.29 is 9.47 Å². The molecule has 100 valence electrons. The van der Waals surface area contributed by atoms with Gasteiger partial charge < -0.3 is 14.8 Å². The van der Waals surface area contributed by atoms with Crippen molar-refractivity contribution in [1.82, 2.24) is 10.2 Å². The highest BCUT2D eigenvalue weighted by atomic mass is 16.5. The first-order valence-corrected chi connectivity index (χ1v) is 6.97. The molecule has 1 aliphatic carbocycles. The Balaban J connectivity index is 1.58. The van der Waals surface area contributed by atoms with Gasteiger partial charge in [-0.1, -0.05) is 0 Å². The Labute approximate surface area is 105 Å². The molecule has 0 spiro atoms. The summed E-state index contributed by atoms with van der Waals surface area (Å²) in [5.41, 5.74) is 0. The lowest BCUT2D eigenvalue weighted by Crippen LogP contribution is -2.49. The summed E-state index contributed by atoms with van der Waals surface area (Å²) in [4.78, 5) is 2.64. The van der Waals surface area contributed by atoms with Crippen LogP contribution in [0.2, 0.25) is 0 Å². The number of methoxy groups -OCH3 is 1. The molecular weight excluding hydrogens is 216 g/mol. The van der Waals surface area contributed by atoms with Gasteiger partial charge >= 0.3 is 0 Å². The van der Waals surface area contributed by atoms with Crippen LogP contribution in [0.5, 0.6) is 0 Å². The Morgan fingerprint density at radius 2 is 2.29 bits per heavy atom. The summed E-state index contributed by atoms with van der Waals surface area (Å²) in [6.07, 6.45) is 5.71. The number of hydrogen-bond donors (Lipinski definition) is 1. The predicted molar refractivity (Wildman–Crippen MR) is 68.3 cm³/mol. The van der Waals surface area contributed by atoms with Gasteiger partial charge in [-0.2, -0.15) is 0 Å². The van der Waals surface area contributed by atoms with E-state index in [1.807, 2.05) is 0 Å². The van der Waals surface area contributed by atoms with E-state index in [-0.39, 0.29) is 0 Å². The predicted octanol–water partition coefficient (Wildman–Crippen LogP) is 0.866. The fourth-order valence-corrected chi connectivity index (χ4v) is 2.99. The van der Waals surface area contributed by atoms with Crippen molar-refractivity contribution in [3.8, 4) is 0 Å². The van der Waals surface area contributed by atoms with Crippen molar-refractivity contribution in [3.63, 3.8) is 0 Å². The molecule has 1 aliphatic heterocycles. The van der Waals surface area contributed by atoms with Crippen molar-refractivity contribution in [2.24, 2.45) is 0 Å². The van der Waals surface area contributed by atoms with Crippen molar-refractivity contribution in [3.05, 3.63) is 0 Å². The van der Waals surface area contributed by atoms with Crippen molar-refractivity contribution in [2.45, 2.75) is 37.8 Å². The van der Waals surface area contributed by atoms with Crippen LogP contribution in [0.1, 0.15) is 25.7 Å². The molecule has 2 rings (SSSR count). The maximum atomic E-state index is 5.82. The van der Waals surface area contributed by atoms with Gasteiger partial charge in [-0.15, -0.1) is 0 Å². The zero-order valence-electron chi connectivity index (χ0n) is 11.0. The monoisotopic (exact) mass is 242 g/mol. The molecule has 0 aromatic heterocycles. The van der Waals surface area contributed by atoms with Crippen LogP contribution in [0.25, 0.3) is 0 Å². The molecule has 2 aliphatic rings. The van der Waals surface area contributed by atoms with E-state index in [2.05, 4.69) is 10.2 Å². The lowest BCUT2D eigenvalue weighted by molar-refractivity contribution is -0.0556. The lowest BCUT2D eigenvalue weighted by Gasteiger charge is -2.37. The molecular formula is C13H26N2O2. The van der Waals surface area contributed by atoms with E-state index in [1.54, 1.807) is 7.11 Å². The molecule has 2 unspecified atom stereocenters. The fourth-order valence-electron chi connectivity index (χ4n) is 2.99. The van der Waals surface area contributed by atoms with Gasteiger partial charge in [-0.3, -0.25) is 4.90 Å². The largest absolute Gasteiger partial charge is 0.383 e. The summed E-state index contributed by atoms with van der Waals surface area (Å²) in [6.45, 7) is 6.13. The van der Waals surface area contributed by atoms with Gasteiger partial charge in [-0.05, 0) is 38.8 Å². The van der Waals surface area contributed by atoms with Crippen LogP contribution in [0, 0.1) is 0 Å². The first-order valence-electron chi connectivity index (χ1n) is 6.97. The van der Waals surface area contributed by atoms with Gasteiger partial charge in [0.1, 0.15) is 0 Å². The molecule has 0 bridgehead atoms. The first kappa shape index (κ1) is 13.3. The summed E-state index contributed by atoms with van der Waals surface area (Å²) in [7, 11) is 1.75. The molecule has 0 aromatic rings. The number of nitrogens with zero attached hydrogens (tertiary/aromatic N) is 1. The molecule has 4 nitrogen and oxygen atoms in total. The zero-order valence-corrected chi connectivity index (χ0v) is 11.0. The highest BCUT2D eigenvalue weighted by Crippen LogP contribution is 2.29. The maximum Gasteiger partial charge on any atom is 0.0730 e. The van der Waals surface area contributed by atoms with E-state index >= 15 is 0 Å². The third-order valence-electron chi connectivity index (χ3n) is 3.88. The van der Waals surface area contributed by atoms with Crippen molar-refractivity contribution >= 4 is 0 Å². The number of nitrogens with one attached hydrogen (secondary N) is 1. The van der Waals surface area contributed by atoms with Crippen LogP contribution in [0.3, 0.4) is 0 Å². The van der Waals surface area contributed by atoms with E-state index in [0.717, 1.165) is 32.8 Å². The molecule has 4 heteroatoms. The van der Waals surface area contributed by atoms with E-state index < -0.39 is 0 Å². The highest BCUT2D eigenvalue weighted by Gasteiger charge is 2.35. The fraction of sp³-hybridized carbons (Fsp3) is 1.00. The number of morpholine rings is 1. The normalized spacial score (nSPS) is 29.5. The average molecular weight is 242 g/mol. The van der Waals surface area contributed by atoms with Crippen LogP contribution in [0.4, 0.5) is 0 Å². The lowest BCUT2D eigenvalue weighted by atomic mass is 10.1. The summed E-state index contributed by atoms with van der Waals surface area (Å²) < 4.78 is 10.8. The van der Waals surface area contributed by atoms with E-state index in [4.69, 9.17) is 9.47 Å². The maximum absolute atomic E-state index is 5.82. The third kappa shape index (κ3) is 3.91. The van der Waals surface area contributed by atoms with Crippen LogP contribution >= 0.6 is 0 Å². The van der Waals surface area contributed by atoms with Crippen LogP contribution in [-0.2, 0) is 9.47 Å². The van der Waals surface area contributed by atoms with Gasteiger partial charge in [0.05, 0.1) is 19.3 Å². The van der Waals surface area contributed by atoms with Gasteiger partial charge in [0.25, 0.3) is 0 Å². The van der Waals surface area contributed by atoms with E-state index in [0.29, 0.717) is 12.1 Å². The summed E-state index contributed by atoms with van der Waals surface area (Å²) in [5, 5.41) is 3.40. The molecule has 1 N–H and O–H groups in total. The topological polar surface area (TPSA) is 33.7 Å². The second-order valence-corrected chi connectivity index (χ2v) is 5.04. The summed E-state index contributed by atoms with van der Waals surface area (Å²) in [5.74, 6) is 0. The summed E-state index contributed by atoms with van der Waals surface area (Å²) >= 11 is 0. The minimum absolute atomic E-state index is 0.533. The zero-order chi connectivity index (χ0) is 11.9. The van der Waals surface area contributed by atoms with Gasteiger partial charge in [0.2, 0.25) is 0 Å².